The van der Waals surface area contributed by atoms with Gasteiger partial charge in [-0.25, -0.2) is 4.79 Å². The average Bonchev–Trinajstić information content (AvgIpc) is 2.68. The van der Waals surface area contributed by atoms with E-state index < -0.39 is 5.97 Å². The van der Waals surface area contributed by atoms with E-state index in [-0.39, 0.29) is 11.3 Å². The van der Waals surface area contributed by atoms with E-state index in [9.17, 15) is 9.59 Å². The van der Waals surface area contributed by atoms with E-state index in [1.54, 1.807) is 30.3 Å². The van der Waals surface area contributed by atoms with Crippen molar-refractivity contribution in [3.8, 4) is 5.75 Å². The fourth-order valence-corrected chi connectivity index (χ4v) is 2.78. The molecule has 2 aromatic rings. The van der Waals surface area contributed by atoms with Crippen molar-refractivity contribution in [2.75, 3.05) is 6.61 Å². The zero-order valence-corrected chi connectivity index (χ0v) is 13.7. The maximum atomic E-state index is 12.7. The van der Waals surface area contributed by atoms with Gasteiger partial charge in [0.2, 0.25) is 0 Å². The highest BCUT2D eigenvalue weighted by atomic mass is 79.9. The molecule has 0 atom stereocenters. The molecule has 0 unspecified atom stereocenters. The molecule has 0 saturated heterocycles. The minimum atomic E-state index is -0.970. The van der Waals surface area contributed by atoms with Gasteiger partial charge in [-0.2, -0.15) is 0 Å². The predicted octanol–water partition coefficient (Wildman–Crippen LogP) is 4.20. The smallest absolute Gasteiger partial charge is 0.335 e. The van der Waals surface area contributed by atoms with Crippen molar-refractivity contribution in [3.63, 3.8) is 0 Å². The van der Waals surface area contributed by atoms with Crippen molar-refractivity contribution >= 4 is 33.8 Å². The molecular formula is C18H13BrO4. The van der Waals surface area contributed by atoms with Crippen molar-refractivity contribution in [2.45, 2.75) is 6.42 Å². The van der Waals surface area contributed by atoms with Crippen molar-refractivity contribution in [1.29, 1.82) is 0 Å². The number of fused-ring (bicyclic) bond motifs is 1. The maximum Gasteiger partial charge on any atom is 0.335 e. The molecule has 116 valence electrons. The van der Waals surface area contributed by atoms with Gasteiger partial charge in [-0.15, -0.1) is 0 Å². The first-order valence-electron chi connectivity index (χ1n) is 7.05. The van der Waals surface area contributed by atoms with Crippen LogP contribution in [-0.4, -0.2) is 23.5 Å². The summed E-state index contributed by atoms with van der Waals surface area (Å²) in [6.07, 6.45) is 2.29. The fourth-order valence-electron chi connectivity index (χ4n) is 2.42. The molecule has 0 radical (unpaired) electrons. The highest BCUT2D eigenvalue weighted by molar-refractivity contribution is 9.10. The van der Waals surface area contributed by atoms with Crippen LogP contribution in [0.2, 0.25) is 0 Å². The second kappa shape index (κ2) is 6.38. The van der Waals surface area contributed by atoms with Gasteiger partial charge in [-0.05, 0) is 42.0 Å². The fraction of sp³-hybridized carbons (Fsp3) is 0.111. The number of Topliss-reactive ketones (excluding diaryl/α,β-unsaturated/α-hetero) is 1. The lowest BCUT2D eigenvalue weighted by molar-refractivity contribution is 0.0696. The number of carbonyl (C=O) groups is 2. The molecule has 1 N–H and O–H groups in total. The van der Waals surface area contributed by atoms with E-state index in [0.29, 0.717) is 29.9 Å². The van der Waals surface area contributed by atoms with Gasteiger partial charge in [0.1, 0.15) is 5.75 Å². The third-order valence-electron chi connectivity index (χ3n) is 3.61. The lowest BCUT2D eigenvalue weighted by atomic mass is 9.99. The first kappa shape index (κ1) is 15.5. The molecule has 1 heterocycles. The van der Waals surface area contributed by atoms with Crippen LogP contribution in [0.3, 0.4) is 0 Å². The number of ketones is 1. The summed E-state index contributed by atoms with van der Waals surface area (Å²) >= 11 is 3.37. The molecule has 5 heteroatoms. The Morgan fingerprint density at radius 1 is 1.17 bits per heavy atom. The molecule has 1 aliphatic rings. The topological polar surface area (TPSA) is 63.6 Å². The van der Waals surface area contributed by atoms with Crippen molar-refractivity contribution < 1.29 is 19.4 Å². The largest absolute Gasteiger partial charge is 0.492 e. The lowest BCUT2D eigenvalue weighted by Crippen LogP contribution is -2.02. The van der Waals surface area contributed by atoms with Crippen LogP contribution in [0.5, 0.6) is 5.75 Å². The molecule has 0 aromatic heterocycles. The van der Waals surface area contributed by atoms with Gasteiger partial charge in [0, 0.05) is 16.5 Å². The van der Waals surface area contributed by atoms with Gasteiger partial charge in [-0.3, -0.25) is 4.79 Å². The molecule has 0 amide bonds. The summed E-state index contributed by atoms with van der Waals surface area (Å²) in [4.78, 5) is 23.6. The van der Waals surface area contributed by atoms with Crippen LogP contribution in [0.15, 0.2) is 52.5 Å². The van der Waals surface area contributed by atoms with E-state index in [0.717, 1.165) is 10.0 Å². The Hall–Kier alpha value is -2.40. The Morgan fingerprint density at radius 3 is 2.61 bits per heavy atom. The highest BCUT2D eigenvalue weighted by Gasteiger charge is 2.21. The number of aromatic carboxylic acids is 1. The van der Waals surface area contributed by atoms with Crippen LogP contribution >= 0.6 is 15.9 Å². The van der Waals surface area contributed by atoms with Gasteiger partial charge < -0.3 is 9.84 Å². The summed E-state index contributed by atoms with van der Waals surface area (Å²) in [6, 6.07) is 11.8. The molecule has 4 nitrogen and oxygen atoms in total. The summed E-state index contributed by atoms with van der Waals surface area (Å²) in [5.74, 6) is -0.453. The summed E-state index contributed by atoms with van der Waals surface area (Å²) < 4.78 is 6.45. The molecule has 3 rings (SSSR count). The molecule has 0 saturated carbocycles. The van der Waals surface area contributed by atoms with Crippen LogP contribution in [0.25, 0.3) is 6.08 Å². The number of hydrogen-bond donors (Lipinski definition) is 1. The van der Waals surface area contributed by atoms with E-state index in [1.165, 1.54) is 12.1 Å². The van der Waals surface area contributed by atoms with Crippen molar-refractivity contribution in [2.24, 2.45) is 0 Å². The molecule has 0 bridgehead atoms. The van der Waals surface area contributed by atoms with Gasteiger partial charge in [0.15, 0.2) is 5.78 Å². The SMILES string of the molecule is O=C(O)c1ccc(C=C2CCOc3ccc(Br)cc3C2=O)cc1. The third-order valence-corrected chi connectivity index (χ3v) is 4.10. The second-order valence-corrected chi connectivity index (χ2v) is 6.08. The van der Waals surface area contributed by atoms with Crippen molar-refractivity contribution in [3.05, 3.63) is 69.2 Å². The average molecular weight is 373 g/mol. The number of benzene rings is 2. The minimum Gasteiger partial charge on any atom is -0.492 e. The summed E-state index contributed by atoms with van der Waals surface area (Å²) in [7, 11) is 0. The quantitative estimate of drug-likeness (QED) is 0.802. The zero-order valence-electron chi connectivity index (χ0n) is 12.1. The number of carboxylic acid groups (broad SMARTS) is 1. The zero-order chi connectivity index (χ0) is 16.4. The second-order valence-electron chi connectivity index (χ2n) is 5.16. The van der Waals surface area contributed by atoms with Gasteiger partial charge in [0.25, 0.3) is 0 Å². The standard InChI is InChI=1S/C18H13BrO4/c19-14-5-6-16-15(10-14)17(20)13(7-8-23-16)9-11-1-3-12(4-2-11)18(21)22/h1-6,9-10H,7-8H2,(H,21,22). The molecule has 2 aromatic carbocycles. The number of halogens is 1. The minimum absolute atomic E-state index is 0.0684. The third kappa shape index (κ3) is 3.35. The number of carboxylic acids is 1. The van der Waals surface area contributed by atoms with E-state index in [1.807, 2.05) is 6.07 Å². The van der Waals surface area contributed by atoms with E-state index in [2.05, 4.69) is 15.9 Å². The Balaban J connectivity index is 1.96. The summed E-state index contributed by atoms with van der Waals surface area (Å²) in [6.45, 7) is 0.430. The number of carbonyl (C=O) groups excluding carboxylic acids is 1. The molecule has 0 fully saturated rings. The van der Waals surface area contributed by atoms with Gasteiger partial charge in [0.05, 0.1) is 17.7 Å². The normalized spacial score (nSPS) is 15.7. The first-order valence-corrected chi connectivity index (χ1v) is 7.85. The van der Waals surface area contributed by atoms with E-state index in [4.69, 9.17) is 9.84 Å². The predicted molar refractivity (Wildman–Crippen MR) is 90.0 cm³/mol. The molecule has 0 aliphatic carbocycles. The Labute approximate surface area is 141 Å². The maximum absolute atomic E-state index is 12.7. The highest BCUT2D eigenvalue weighted by Crippen LogP contribution is 2.30. The molecule has 0 spiro atoms. The number of hydrogen-bond acceptors (Lipinski definition) is 3. The van der Waals surface area contributed by atoms with Gasteiger partial charge >= 0.3 is 5.97 Å². The lowest BCUT2D eigenvalue weighted by Gasteiger charge is -2.05. The molecule has 1 aliphatic heterocycles. The monoisotopic (exact) mass is 372 g/mol. The van der Waals surface area contributed by atoms with Crippen LogP contribution in [0.4, 0.5) is 0 Å². The summed E-state index contributed by atoms with van der Waals surface area (Å²) in [5.41, 5.74) is 2.18. The molecule has 23 heavy (non-hydrogen) atoms. The Kier molecular flexibility index (Phi) is 4.30. The summed E-state index contributed by atoms with van der Waals surface area (Å²) in [5, 5.41) is 8.92. The van der Waals surface area contributed by atoms with Crippen LogP contribution in [-0.2, 0) is 0 Å². The first-order chi connectivity index (χ1) is 11.0. The van der Waals surface area contributed by atoms with Gasteiger partial charge in [-0.1, -0.05) is 28.1 Å². The molecular weight excluding hydrogens is 360 g/mol. The van der Waals surface area contributed by atoms with Crippen LogP contribution < -0.4 is 4.74 Å². The van der Waals surface area contributed by atoms with Crippen LogP contribution in [0, 0.1) is 0 Å². The van der Waals surface area contributed by atoms with E-state index >= 15 is 0 Å². The Bertz CT molecular complexity index is 806. The van der Waals surface area contributed by atoms with Crippen molar-refractivity contribution in [1.82, 2.24) is 0 Å². The Morgan fingerprint density at radius 2 is 1.91 bits per heavy atom. The number of rotatable bonds is 2. The van der Waals surface area contributed by atoms with Crippen LogP contribution in [0.1, 0.15) is 32.7 Å². The number of ether oxygens (including phenoxy) is 1.